The average Bonchev–Trinajstić information content (AvgIpc) is 3.54. The summed E-state index contributed by atoms with van der Waals surface area (Å²) in [4.78, 5) is 5.59. The van der Waals surface area contributed by atoms with Crippen LogP contribution in [0.2, 0.25) is 0 Å². The zero-order chi connectivity index (χ0) is 26.3. The van der Waals surface area contributed by atoms with Crippen molar-refractivity contribution in [2.24, 2.45) is 0 Å². The van der Waals surface area contributed by atoms with Gasteiger partial charge in [-0.05, 0) is 60.6 Å². The molecule has 3 aromatic rings. The van der Waals surface area contributed by atoms with Crippen LogP contribution in [0.4, 0.5) is 17.6 Å². The summed E-state index contributed by atoms with van der Waals surface area (Å²) >= 11 is 0. The molecule has 0 amide bonds. The molecule has 1 saturated carbocycles. The van der Waals surface area contributed by atoms with E-state index in [1.54, 1.807) is 0 Å². The molecule has 38 heavy (non-hydrogen) atoms. The summed E-state index contributed by atoms with van der Waals surface area (Å²) in [5.74, 6) is -0.0363. The maximum atomic E-state index is 13.5. The van der Waals surface area contributed by atoms with Crippen molar-refractivity contribution in [3.05, 3.63) is 93.7 Å². The molecule has 0 unspecified atom stereocenters. The van der Waals surface area contributed by atoms with Gasteiger partial charge in [-0.1, -0.05) is 48.7 Å². The first-order valence-electron chi connectivity index (χ1n) is 12.9. The monoisotopic (exact) mass is 521 g/mol. The number of benzene rings is 1. The molecule has 1 aliphatic heterocycles. The summed E-state index contributed by atoms with van der Waals surface area (Å²) in [5.41, 5.74) is 2.59. The molecule has 2 aromatic heterocycles. The van der Waals surface area contributed by atoms with Gasteiger partial charge in [0.15, 0.2) is 5.76 Å². The Kier molecular flexibility index (Phi) is 6.33. The predicted molar refractivity (Wildman–Crippen MR) is 138 cm³/mol. The van der Waals surface area contributed by atoms with E-state index in [1.807, 2.05) is 17.3 Å². The lowest BCUT2D eigenvalue weighted by atomic mass is 9.82. The van der Waals surface area contributed by atoms with Gasteiger partial charge < -0.3 is 14.4 Å². The molecule has 1 fully saturated rings. The zero-order valence-corrected chi connectivity index (χ0v) is 20.7. The number of nitrogens with zero attached hydrogens (tertiary/aromatic N) is 2. The van der Waals surface area contributed by atoms with E-state index in [-0.39, 0.29) is 17.8 Å². The van der Waals surface area contributed by atoms with Crippen molar-refractivity contribution in [3.63, 3.8) is 0 Å². The number of alkyl halides is 3. The van der Waals surface area contributed by atoms with Gasteiger partial charge in [0, 0.05) is 34.9 Å². The van der Waals surface area contributed by atoms with Crippen molar-refractivity contribution in [2.45, 2.75) is 57.2 Å². The highest BCUT2D eigenvalue weighted by atomic mass is 19.4. The van der Waals surface area contributed by atoms with Crippen LogP contribution in [0.25, 0.3) is 29.1 Å². The third-order valence-electron chi connectivity index (χ3n) is 7.51. The average molecular weight is 522 g/mol. The molecule has 0 radical (unpaired) electrons. The number of halogens is 4. The Morgan fingerprint density at radius 1 is 1.05 bits per heavy atom. The fraction of sp³-hybridized carbons (Fsp3) is 0.300. The topological polar surface area (TPSA) is 45.1 Å². The summed E-state index contributed by atoms with van der Waals surface area (Å²) in [6.45, 7) is 0.289. The molecule has 1 N–H and O–H groups in total. The quantitative estimate of drug-likeness (QED) is 0.386. The summed E-state index contributed by atoms with van der Waals surface area (Å²) in [6.07, 6.45) is 16.9. The number of hydrogen-bond acceptors (Lipinski definition) is 3. The van der Waals surface area contributed by atoms with Gasteiger partial charge in [-0.2, -0.15) is 13.2 Å². The van der Waals surface area contributed by atoms with E-state index in [4.69, 9.17) is 4.52 Å². The lowest BCUT2D eigenvalue weighted by Crippen LogP contribution is -2.21. The Labute approximate surface area is 217 Å². The van der Waals surface area contributed by atoms with E-state index in [2.05, 4.69) is 40.5 Å². The van der Waals surface area contributed by atoms with Crippen LogP contribution in [0.1, 0.15) is 66.9 Å². The Balaban J connectivity index is 1.32. The van der Waals surface area contributed by atoms with Crippen LogP contribution in [-0.2, 0) is 12.7 Å². The first-order chi connectivity index (χ1) is 18.4. The van der Waals surface area contributed by atoms with Crippen LogP contribution in [0, 0.1) is 5.82 Å². The van der Waals surface area contributed by atoms with Crippen LogP contribution in [0.5, 0.6) is 0 Å². The van der Waals surface area contributed by atoms with Crippen molar-refractivity contribution in [3.8, 4) is 11.3 Å². The minimum Gasteiger partial charge on any atom is -0.359 e. The highest BCUT2D eigenvalue weighted by molar-refractivity contribution is 5.67. The number of H-pyrrole nitrogens is 1. The van der Waals surface area contributed by atoms with E-state index >= 15 is 0 Å². The fourth-order valence-corrected chi connectivity index (χ4v) is 5.74. The van der Waals surface area contributed by atoms with E-state index < -0.39 is 17.6 Å². The van der Waals surface area contributed by atoms with Gasteiger partial charge in [-0.25, -0.2) is 4.39 Å². The van der Waals surface area contributed by atoms with Gasteiger partial charge in [0.05, 0.1) is 17.5 Å². The summed E-state index contributed by atoms with van der Waals surface area (Å²) < 4.78 is 59.3. The van der Waals surface area contributed by atoms with Gasteiger partial charge >= 0.3 is 6.18 Å². The van der Waals surface area contributed by atoms with Crippen molar-refractivity contribution >= 4 is 17.8 Å². The van der Waals surface area contributed by atoms with E-state index in [9.17, 15) is 17.6 Å². The SMILES string of the molecule is Fc1ccc(-c2cc(CN3C=Cc4c(C5CCCCC5)c(=C5C=CC=CC5)[nH]c4=C3)on2)c(C(F)(F)F)c1. The van der Waals surface area contributed by atoms with Crippen LogP contribution >= 0.6 is 0 Å². The van der Waals surface area contributed by atoms with Crippen LogP contribution in [0.15, 0.2) is 59.3 Å². The Bertz CT molecular complexity index is 1570. The second-order valence-corrected chi connectivity index (χ2v) is 10.1. The van der Waals surface area contributed by atoms with Crippen molar-refractivity contribution in [2.75, 3.05) is 0 Å². The minimum atomic E-state index is -4.71. The van der Waals surface area contributed by atoms with Gasteiger partial charge in [-0.3, -0.25) is 0 Å². The van der Waals surface area contributed by atoms with Crippen molar-refractivity contribution in [1.82, 2.24) is 15.0 Å². The molecule has 196 valence electrons. The molecule has 0 bridgehead atoms. The number of allylic oxidation sites excluding steroid dienone is 4. The summed E-state index contributed by atoms with van der Waals surface area (Å²) in [5, 5.41) is 6.06. The number of nitrogens with one attached hydrogen (secondary N) is 1. The molecule has 4 nitrogen and oxygen atoms in total. The normalized spacial score (nSPS) is 19.1. The largest absolute Gasteiger partial charge is 0.417 e. The van der Waals surface area contributed by atoms with Gasteiger partial charge in [-0.15, -0.1) is 0 Å². The second kappa shape index (κ2) is 9.82. The third-order valence-corrected chi connectivity index (χ3v) is 7.51. The molecule has 0 atom stereocenters. The number of hydrogen-bond donors (Lipinski definition) is 1. The Morgan fingerprint density at radius 3 is 2.66 bits per heavy atom. The molecule has 0 spiro atoms. The second-order valence-electron chi connectivity index (χ2n) is 10.1. The molecule has 2 aliphatic carbocycles. The minimum absolute atomic E-state index is 0.0179. The zero-order valence-electron chi connectivity index (χ0n) is 20.7. The van der Waals surface area contributed by atoms with Crippen LogP contribution in [-0.4, -0.2) is 15.0 Å². The first-order valence-corrected chi connectivity index (χ1v) is 12.9. The maximum Gasteiger partial charge on any atom is 0.417 e. The van der Waals surface area contributed by atoms with Gasteiger partial charge in [0.25, 0.3) is 0 Å². The predicted octanol–water partition coefficient (Wildman–Crippen LogP) is 6.77. The summed E-state index contributed by atoms with van der Waals surface area (Å²) in [7, 11) is 0. The Hall–Kier alpha value is -3.81. The first kappa shape index (κ1) is 24.5. The van der Waals surface area contributed by atoms with E-state index in [0.717, 1.165) is 23.9 Å². The smallest absolute Gasteiger partial charge is 0.359 e. The van der Waals surface area contributed by atoms with Crippen LogP contribution < -0.4 is 10.7 Å². The molecule has 6 rings (SSSR count). The number of fused-ring (bicyclic) bond motifs is 1. The van der Waals surface area contributed by atoms with Gasteiger partial charge in [0.1, 0.15) is 11.5 Å². The maximum absolute atomic E-state index is 13.5. The number of aromatic amines is 1. The van der Waals surface area contributed by atoms with Crippen molar-refractivity contribution in [1.29, 1.82) is 0 Å². The van der Waals surface area contributed by atoms with E-state index in [1.165, 1.54) is 60.2 Å². The van der Waals surface area contributed by atoms with Crippen molar-refractivity contribution < 1.29 is 22.1 Å². The molecular formula is C30H27F4N3O. The molecular weight excluding hydrogens is 494 g/mol. The molecule has 3 aliphatic rings. The lowest BCUT2D eigenvalue weighted by molar-refractivity contribution is -0.137. The van der Waals surface area contributed by atoms with Crippen LogP contribution in [0.3, 0.4) is 0 Å². The number of aromatic nitrogens is 2. The highest BCUT2D eigenvalue weighted by Crippen LogP contribution is 2.37. The highest BCUT2D eigenvalue weighted by Gasteiger charge is 2.35. The summed E-state index contributed by atoms with van der Waals surface area (Å²) in [6, 6.07) is 4.03. The fourth-order valence-electron chi connectivity index (χ4n) is 5.74. The molecule has 8 heteroatoms. The standard InChI is InChI=1S/C30H27F4N3O/c31-21-11-12-23(25(15-21)30(32,33)34)26-16-22(38-36-26)17-37-14-13-24-27(18-37)35-29(20-9-5-2-6-10-20)28(24)19-7-3-1-4-8-19/h2,5-6,9,11-16,18-19,35H,1,3-4,7-8,10,17H2. The van der Waals surface area contributed by atoms with Gasteiger partial charge in [0.2, 0.25) is 0 Å². The third kappa shape index (κ3) is 4.75. The number of rotatable bonds is 4. The Morgan fingerprint density at radius 2 is 1.89 bits per heavy atom. The molecule has 1 aromatic carbocycles. The van der Waals surface area contributed by atoms with E-state index in [0.29, 0.717) is 17.7 Å². The molecule has 3 heterocycles. The lowest BCUT2D eigenvalue weighted by Gasteiger charge is -2.23. The molecule has 0 saturated heterocycles.